The topological polar surface area (TPSA) is 87.8 Å². The van der Waals surface area contributed by atoms with E-state index in [-0.39, 0.29) is 29.1 Å². The number of sulfonamides is 1. The maximum Gasteiger partial charge on any atom is 0.322 e. The van der Waals surface area contributed by atoms with Gasteiger partial charge in [-0.15, -0.1) is 0 Å². The molecule has 1 saturated heterocycles. The molecule has 1 aromatic carbocycles. The van der Waals surface area contributed by atoms with Gasteiger partial charge in [-0.05, 0) is 36.5 Å². The molecule has 0 spiro atoms. The molecule has 2 fully saturated rings. The molecule has 1 aliphatic carbocycles. The van der Waals surface area contributed by atoms with Crippen molar-refractivity contribution in [2.75, 3.05) is 6.54 Å². The summed E-state index contributed by atoms with van der Waals surface area (Å²) in [6.45, 7) is 0.190. The molecule has 1 unspecified atom stereocenters. The highest BCUT2D eigenvalue weighted by Crippen LogP contribution is 2.51. The second kappa shape index (κ2) is 4.30. The van der Waals surface area contributed by atoms with Crippen LogP contribution in [0.15, 0.2) is 33.8 Å². The van der Waals surface area contributed by atoms with Gasteiger partial charge in [-0.25, -0.2) is 12.8 Å². The van der Waals surface area contributed by atoms with E-state index in [1.165, 1.54) is 24.3 Å². The van der Waals surface area contributed by atoms with E-state index in [0.29, 0.717) is 5.39 Å². The molecule has 3 atom stereocenters. The zero-order chi connectivity index (χ0) is 15.6. The molecule has 1 saturated carbocycles. The van der Waals surface area contributed by atoms with Crippen LogP contribution in [0.4, 0.5) is 4.39 Å². The van der Waals surface area contributed by atoms with Crippen molar-refractivity contribution in [3.63, 3.8) is 0 Å². The summed E-state index contributed by atoms with van der Waals surface area (Å²) in [4.78, 5) is 11.4. The number of hydrogen-bond donors (Lipinski definition) is 1. The van der Waals surface area contributed by atoms with Crippen LogP contribution in [0.5, 0.6) is 0 Å². The van der Waals surface area contributed by atoms with Gasteiger partial charge in [-0.3, -0.25) is 4.79 Å². The average molecular weight is 325 g/mol. The Balaban J connectivity index is 1.77. The Kier molecular flexibility index (Phi) is 2.68. The molecule has 6 nitrogen and oxygen atoms in total. The lowest BCUT2D eigenvalue weighted by molar-refractivity contribution is -0.141. The Bertz CT molecular complexity index is 890. The third-order valence-electron chi connectivity index (χ3n) is 4.38. The molecule has 1 aliphatic heterocycles. The smallest absolute Gasteiger partial charge is 0.322 e. The van der Waals surface area contributed by atoms with Gasteiger partial charge in [0.15, 0.2) is 0 Å². The summed E-state index contributed by atoms with van der Waals surface area (Å²) in [6, 6.07) is 3.89. The van der Waals surface area contributed by atoms with E-state index in [9.17, 15) is 22.7 Å². The van der Waals surface area contributed by atoms with Gasteiger partial charge < -0.3 is 9.52 Å². The molecule has 2 aliphatic rings. The number of aliphatic carboxylic acids is 1. The number of rotatable bonds is 3. The molecule has 2 aromatic rings. The Morgan fingerprint density at radius 2 is 2.14 bits per heavy atom. The van der Waals surface area contributed by atoms with E-state index in [1.54, 1.807) is 0 Å². The van der Waals surface area contributed by atoms with Gasteiger partial charge in [-0.2, -0.15) is 4.31 Å². The number of hydrogen-bond acceptors (Lipinski definition) is 4. The molecule has 0 amide bonds. The van der Waals surface area contributed by atoms with Crippen LogP contribution in [0.25, 0.3) is 11.0 Å². The molecule has 1 N–H and O–H groups in total. The maximum atomic E-state index is 13.2. The monoisotopic (exact) mass is 325 g/mol. The third kappa shape index (κ3) is 1.87. The largest absolute Gasteiger partial charge is 0.480 e. The first-order chi connectivity index (χ1) is 10.4. The number of nitrogens with zero attached hydrogens (tertiary/aromatic N) is 1. The number of carboxylic acids is 1. The quantitative estimate of drug-likeness (QED) is 0.927. The Morgan fingerprint density at radius 1 is 1.36 bits per heavy atom. The summed E-state index contributed by atoms with van der Waals surface area (Å²) in [6.07, 6.45) is 0.744. The van der Waals surface area contributed by atoms with Crippen LogP contribution in [0.3, 0.4) is 0 Å². The molecule has 4 rings (SSSR count). The fourth-order valence-corrected chi connectivity index (χ4v) is 4.85. The molecule has 1 aromatic heterocycles. The first kappa shape index (κ1) is 13.7. The fraction of sp³-hybridized carbons (Fsp3) is 0.357. The Hall–Kier alpha value is -1.93. The number of furan rings is 1. The number of carboxylic acid groups (broad SMARTS) is 1. The van der Waals surface area contributed by atoms with E-state index >= 15 is 0 Å². The highest BCUT2D eigenvalue weighted by atomic mass is 32.2. The van der Waals surface area contributed by atoms with Crippen molar-refractivity contribution >= 4 is 27.0 Å². The van der Waals surface area contributed by atoms with Crippen molar-refractivity contribution in [1.29, 1.82) is 0 Å². The average Bonchev–Trinajstić information content (AvgIpc) is 2.92. The van der Waals surface area contributed by atoms with Crippen LogP contribution in [0.1, 0.15) is 6.42 Å². The molecule has 0 bridgehead atoms. The molecule has 2 heterocycles. The molecular weight excluding hydrogens is 313 g/mol. The first-order valence-corrected chi connectivity index (χ1v) is 8.25. The minimum absolute atomic E-state index is 0.109. The summed E-state index contributed by atoms with van der Waals surface area (Å²) >= 11 is 0. The minimum Gasteiger partial charge on any atom is -0.480 e. The summed E-state index contributed by atoms with van der Waals surface area (Å²) in [5, 5.41) is 9.26. The second-order valence-electron chi connectivity index (χ2n) is 5.77. The molecule has 22 heavy (non-hydrogen) atoms. The van der Waals surface area contributed by atoms with E-state index < -0.39 is 27.9 Å². The summed E-state index contributed by atoms with van der Waals surface area (Å²) < 4.78 is 44.8. The minimum atomic E-state index is -4.05. The highest BCUT2D eigenvalue weighted by Gasteiger charge is 2.59. The molecular formula is C14H12FNO5S. The Labute approximate surface area is 125 Å². The van der Waals surface area contributed by atoms with Crippen LogP contribution in [-0.4, -0.2) is 36.4 Å². The lowest BCUT2D eigenvalue weighted by Gasteiger charge is -2.22. The van der Waals surface area contributed by atoms with Crippen LogP contribution >= 0.6 is 0 Å². The van der Waals surface area contributed by atoms with Crippen molar-refractivity contribution in [1.82, 2.24) is 4.31 Å². The molecule has 0 radical (unpaired) electrons. The zero-order valence-corrected chi connectivity index (χ0v) is 12.1. The van der Waals surface area contributed by atoms with Gasteiger partial charge in [0.05, 0.1) is 0 Å². The van der Waals surface area contributed by atoms with Crippen molar-refractivity contribution in [2.24, 2.45) is 11.8 Å². The SMILES string of the molecule is O=C(O)[C@@H]1C2C[C@H]2CN1S(=O)(=O)c1cc2cc(F)ccc2o1. The van der Waals surface area contributed by atoms with Gasteiger partial charge in [0, 0.05) is 18.0 Å². The van der Waals surface area contributed by atoms with Crippen LogP contribution < -0.4 is 0 Å². The van der Waals surface area contributed by atoms with Crippen LogP contribution in [-0.2, 0) is 14.8 Å². The van der Waals surface area contributed by atoms with Gasteiger partial charge in [0.25, 0.3) is 10.0 Å². The van der Waals surface area contributed by atoms with Crippen LogP contribution in [0.2, 0.25) is 0 Å². The summed E-state index contributed by atoms with van der Waals surface area (Å²) in [7, 11) is -4.05. The van der Waals surface area contributed by atoms with E-state index in [4.69, 9.17) is 4.42 Å². The van der Waals surface area contributed by atoms with E-state index in [0.717, 1.165) is 10.7 Å². The Morgan fingerprint density at radius 3 is 2.86 bits per heavy atom. The maximum absolute atomic E-state index is 13.2. The van der Waals surface area contributed by atoms with Crippen molar-refractivity contribution in [2.45, 2.75) is 17.6 Å². The highest BCUT2D eigenvalue weighted by molar-refractivity contribution is 7.89. The van der Waals surface area contributed by atoms with Gasteiger partial charge in [0.1, 0.15) is 17.4 Å². The molecule has 116 valence electrons. The number of carbonyl (C=O) groups is 1. The predicted molar refractivity (Wildman–Crippen MR) is 73.1 cm³/mol. The second-order valence-corrected chi connectivity index (χ2v) is 7.59. The lowest BCUT2D eigenvalue weighted by Crippen LogP contribution is -2.43. The lowest BCUT2D eigenvalue weighted by atomic mass is 10.2. The number of benzene rings is 1. The fourth-order valence-electron chi connectivity index (χ4n) is 3.21. The van der Waals surface area contributed by atoms with E-state index in [1.807, 2.05) is 0 Å². The standard InChI is InChI=1S/C14H12FNO5S/c15-9-1-2-11-7(3-9)5-12(21-11)22(19,20)16-6-8-4-10(8)13(16)14(17)18/h1-3,5,8,10,13H,4,6H2,(H,17,18)/t8-,10?,13-/m0/s1. The van der Waals surface area contributed by atoms with E-state index in [2.05, 4.69) is 0 Å². The van der Waals surface area contributed by atoms with Crippen molar-refractivity contribution in [3.8, 4) is 0 Å². The van der Waals surface area contributed by atoms with Gasteiger partial charge in [0.2, 0.25) is 5.09 Å². The first-order valence-electron chi connectivity index (χ1n) is 6.81. The number of piperidine rings is 1. The predicted octanol–water partition coefficient (Wildman–Crippen LogP) is 1.67. The third-order valence-corrected chi connectivity index (χ3v) is 6.08. The van der Waals surface area contributed by atoms with Crippen molar-refractivity contribution in [3.05, 3.63) is 30.1 Å². The summed E-state index contributed by atoms with van der Waals surface area (Å²) in [5.74, 6) is -1.65. The normalized spacial score (nSPS) is 28.0. The van der Waals surface area contributed by atoms with Crippen molar-refractivity contribution < 1.29 is 27.1 Å². The van der Waals surface area contributed by atoms with Gasteiger partial charge >= 0.3 is 5.97 Å². The zero-order valence-electron chi connectivity index (χ0n) is 11.3. The number of fused-ring (bicyclic) bond motifs is 2. The van der Waals surface area contributed by atoms with Gasteiger partial charge in [-0.1, -0.05) is 0 Å². The van der Waals surface area contributed by atoms with Crippen LogP contribution in [0, 0.1) is 17.7 Å². The molecule has 8 heteroatoms. The number of halogens is 1. The summed E-state index contributed by atoms with van der Waals surface area (Å²) in [5.41, 5.74) is 0.246.